The first kappa shape index (κ1) is 18.6. The molecule has 1 aliphatic rings. The van der Waals surface area contributed by atoms with E-state index in [2.05, 4.69) is 48.4 Å². The van der Waals surface area contributed by atoms with Crippen LogP contribution in [-0.4, -0.2) is 35.3 Å². The number of hydrogen-bond donors (Lipinski definition) is 1. The monoisotopic (exact) mass is 357 g/mol. The molecule has 6 heteroatoms. The van der Waals surface area contributed by atoms with Gasteiger partial charge in [-0.3, -0.25) is 4.79 Å². The zero-order valence-electron chi connectivity index (χ0n) is 15.7. The molecule has 3 rings (SSSR count). The molecule has 0 spiro atoms. The molecule has 2 aromatic rings. The number of hydrogen-bond acceptors (Lipinski definition) is 5. The first-order valence-corrected chi connectivity index (χ1v) is 9.23. The minimum absolute atomic E-state index is 0.0187. The lowest BCUT2D eigenvalue weighted by Crippen LogP contribution is -2.31. The topological polar surface area (TPSA) is 77.2 Å². The Labute approximate surface area is 154 Å². The van der Waals surface area contributed by atoms with Gasteiger partial charge >= 0.3 is 0 Å². The number of nitrogens with one attached hydrogen (secondary N) is 1. The lowest BCUT2D eigenvalue weighted by Gasteiger charge is -2.18. The van der Waals surface area contributed by atoms with E-state index >= 15 is 0 Å². The minimum atomic E-state index is -0.0187. The van der Waals surface area contributed by atoms with Crippen LogP contribution in [0.3, 0.4) is 0 Å². The highest BCUT2D eigenvalue weighted by atomic mass is 16.5. The molecular weight excluding hydrogens is 330 g/mol. The van der Waals surface area contributed by atoms with E-state index in [1.165, 1.54) is 5.56 Å². The third-order valence-electron chi connectivity index (χ3n) is 4.59. The van der Waals surface area contributed by atoms with Crippen molar-refractivity contribution in [2.75, 3.05) is 13.2 Å². The van der Waals surface area contributed by atoms with Gasteiger partial charge in [0.2, 0.25) is 17.6 Å². The highest BCUT2D eigenvalue weighted by Crippen LogP contribution is 2.25. The van der Waals surface area contributed by atoms with Crippen molar-refractivity contribution in [3.05, 3.63) is 35.7 Å². The van der Waals surface area contributed by atoms with Crippen LogP contribution in [0.1, 0.15) is 51.5 Å². The van der Waals surface area contributed by atoms with Crippen molar-refractivity contribution in [3.8, 4) is 11.4 Å². The second-order valence-corrected chi connectivity index (χ2v) is 7.78. The fourth-order valence-electron chi connectivity index (χ4n) is 2.93. The van der Waals surface area contributed by atoms with Crippen LogP contribution in [-0.2, 0) is 21.4 Å². The van der Waals surface area contributed by atoms with Gasteiger partial charge in [0.05, 0.1) is 6.10 Å². The molecule has 0 bridgehead atoms. The molecule has 0 saturated carbocycles. The fraction of sp³-hybridized carbons (Fsp3) is 0.550. The largest absolute Gasteiger partial charge is 0.376 e. The van der Waals surface area contributed by atoms with E-state index in [4.69, 9.17) is 9.26 Å². The van der Waals surface area contributed by atoms with Crippen LogP contribution in [0.25, 0.3) is 11.4 Å². The molecule has 1 unspecified atom stereocenters. The fourth-order valence-corrected chi connectivity index (χ4v) is 2.93. The molecule has 1 amide bonds. The number of benzene rings is 1. The summed E-state index contributed by atoms with van der Waals surface area (Å²) in [5.74, 6) is 1.02. The summed E-state index contributed by atoms with van der Waals surface area (Å²) in [5, 5.41) is 6.93. The van der Waals surface area contributed by atoms with Gasteiger partial charge in [0, 0.05) is 31.6 Å². The van der Waals surface area contributed by atoms with Crippen molar-refractivity contribution < 1.29 is 14.1 Å². The van der Waals surface area contributed by atoms with Crippen LogP contribution in [0.15, 0.2) is 28.8 Å². The molecule has 2 heterocycles. The van der Waals surface area contributed by atoms with E-state index in [1.807, 2.05) is 12.1 Å². The van der Waals surface area contributed by atoms with Crippen LogP contribution in [0.5, 0.6) is 0 Å². The van der Waals surface area contributed by atoms with Gasteiger partial charge in [0.15, 0.2) is 0 Å². The van der Waals surface area contributed by atoms with Crippen LogP contribution in [0.4, 0.5) is 0 Å². The molecule has 26 heavy (non-hydrogen) atoms. The number of nitrogens with zero attached hydrogens (tertiary/aromatic N) is 2. The van der Waals surface area contributed by atoms with E-state index in [0.717, 1.165) is 25.0 Å². The number of carbonyl (C=O) groups is 1. The van der Waals surface area contributed by atoms with Crippen molar-refractivity contribution in [1.29, 1.82) is 0 Å². The Kier molecular flexibility index (Phi) is 5.71. The number of amides is 1. The summed E-state index contributed by atoms with van der Waals surface area (Å²) >= 11 is 0. The molecule has 1 saturated heterocycles. The zero-order chi connectivity index (χ0) is 18.6. The maximum Gasteiger partial charge on any atom is 0.227 e. The van der Waals surface area contributed by atoms with Gasteiger partial charge < -0.3 is 14.6 Å². The number of rotatable bonds is 6. The summed E-state index contributed by atoms with van der Waals surface area (Å²) in [6.07, 6.45) is 3.01. The predicted molar refractivity (Wildman–Crippen MR) is 98.7 cm³/mol. The van der Waals surface area contributed by atoms with Crippen molar-refractivity contribution in [2.45, 2.75) is 58.0 Å². The Balaban J connectivity index is 1.50. The summed E-state index contributed by atoms with van der Waals surface area (Å²) in [4.78, 5) is 16.3. The predicted octanol–water partition coefficient (Wildman–Crippen LogP) is 3.26. The quantitative estimate of drug-likeness (QED) is 0.858. The maximum absolute atomic E-state index is 11.9. The molecule has 0 radical (unpaired) electrons. The van der Waals surface area contributed by atoms with Crippen molar-refractivity contribution in [3.63, 3.8) is 0 Å². The standard InChI is InChI=1S/C20H27N3O3/c1-20(2,3)15-8-6-14(7-9-15)19-22-18(26-23-19)11-10-17(24)21-13-16-5-4-12-25-16/h6-9,16H,4-5,10-13H2,1-3H3,(H,21,24). The van der Waals surface area contributed by atoms with Crippen LogP contribution >= 0.6 is 0 Å². The smallest absolute Gasteiger partial charge is 0.227 e. The Morgan fingerprint density at radius 3 is 2.69 bits per heavy atom. The second-order valence-electron chi connectivity index (χ2n) is 7.78. The Morgan fingerprint density at radius 1 is 1.27 bits per heavy atom. The Hall–Kier alpha value is -2.21. The summed E-state index contributed by atoms with van der Waals surface area (Å²) < 4.78 is 10.8. The molecule has 6 nitrogen and oxygen atoms in total. The van der Waals surface area contributed by atoms with Gasteiger partial charge in [0.1, 0.15) is 0 Å². The van der Waals surface area contributed by atoms with Crippen LogP contribution in [0.2, 0.25) is 0 Å². The highest BCUT2D eigenvalue weighted by Gasteiger charge is 2.17. The van der Waals surface area contributed by atoms with Gasteiger partial charge in [0.25, 0.3) is 0 Å². The van der Waals surface area contributed by atoms with E-state index in [1.54, 1.807) is 0 Å². The SMILES string of the molecule is CC(C)(C)c1ccc(-c2noc(CCC(=O)NCC3CCCO3)n2)cc1. The molecular formula is C20H27N3O3. The van der Waals surface area contributed by atoms with Crippen molar-refractivity contribution >= 4 is 5.91 Å². The molecule has 140 valence electrons. The molecule has 1 aliphatic heterocycles. The molecule has 1 fully saturated rings. The second kappa shape index (κ2) is 7.99. The highest BCUT2D eigenvalue weighted by molar-refractivity contribution is 5.76. The lowest BCUT2D eigenvalue weighted by molar-refractivity contribution is -0.121. The average Bonchev–Trinajstić information content (AvgIpc) is 3.29. The minimum Gasteiger partial charge on any atom is -0.376 e. The molecule has 0 aliphatic carbocycles. The average molecular weight is 357 g/mol. The first-order chi connectivity index (χ1) is 12.4. The Morgan fingerprint density at radius 2 is 2.04 bits per heavy atom. The Bertz CT molecular complexity index is 726. The first-order valence-electron chi connectivity index (χ1n) is 9.23. The van der Waals surface area contributed by atoms with E-state index in [-0.39, 0.29) is 17.4 Å². The number of ether oxygens (including phenoxy) is 1. The molecule has 1 aromatic carbocycles. The number of aryl methyl sites for hydroxylation is 1. The number of carbonyl (C=O) groups excluding carboxylic acids is 1. The molecule has 1 N–H and O–H groups in total. The van der Waals surface area contributed by atoms with Gasteiger partial charge in [-0.2, -0.15) is 4.98 Å². The van der Waals surface area contributed by atoms with Crippen LogP contribution < -0.4 is 5.32 Å². The lowest BCUT2D eigenvalue weighted by atomic mass is 9.87. The van der Waals surface area contributed by atoms with Crippen LogP contribution in [0, 0.1) is 0 Å². The van der Waals surface area contributed by atoms with E-state index in [0.29, 0.717) is 31.1 Å². The summed E-state index contributed by atoms with van der Waals surface area (Å²) in [6, 6.07) is 8.18. The van der Waals surface area contributed by atoms with Gasteiger partial charge in [-0.05, 0) is 23.8 Å². The summed E-state index contributed by atoms with van der Waals surface area (Å²) in [6.45, 7) is 7.91. The van der Waals surface area contributed by atoms with Gasteiger partial charge in [-0.15, -0.1) is 0 Å². The third kappa shape index (κ3) is 4.91. The maximum atomic E-state index is 11.9. The third-order valence-corrected chi connectivity index (χ3v) is 4.59. The van der Waals surface area contributed by atoms with Gasteiger partial charge in [-0.25, -0.2) is 0 Å². The number of aromatic nitrogens is 2. The van der Waals surface area contributed by atoms with Crippen molar-refractivity contribution in [1.82, 2.24) is 15.5 Å². The zero-order valence-corrected chi connectivity index (χ0v) is 15.7. The summed E-state index contributed by atoms with van der Waals surface area (Å²) in [7, 11) is 0. The molecule has 1 aromatic heterocycles. The van der Waals surface area contributed by atoms with E-state index < -0.39 is 0 Å². The molecule has 1 atom stereocenters. The normalized spacial score (nSPS) is 17.4. The van der Waals surface area contributed by atoms with E-state index in [9.17, 15) is 4.79 Å². The summed E-state index contributed by atoms with van der Waals surface area (Å²) in [5.41, 5.74) is 2.28. The van der Waals surface area contributed by atoms with Crippen molar-refractivity contribution in [2.24, 2.45) is 0 Å². The van der Waals surface area contributed by atoms with Gasteiger partial charge in [-0.1, -0.05) is 50.2 Å².